The van der Waals surface area contributed by atoms with E-state index in [4.69, 9.17) is 0 Å². The number of thiophene rings is 1. The molecule has 1 aliphatic heterocycles. The summed E-state index contributed by atoms with van der Waals surface area (Å²) >= 11 is 1.89. The van der Waals surface area contributed by atoms with Crippen molar-refractivity contribution in [2.75, 3.05) is 13.1 Å². The maximum Gasteiger partial charge on any atom is 0.115 e. The summed E-state index contributed by atoms with van der Waals surface area (Å²) in [5.41, 5.74) is 3.34. The van der Waals surface area contributed by atoms with E-state index >= 15 is 0 Å². The lowest BCUT2D eigenvalue weighted by Crippen LogP contribution is -2.61. The van der Waals surface area contributed by atoms with Crippen LogP contribution >= 0.6 is 11.3 Å². The third-order valence-corrected chi connectivity index (χ3v) is 8.10. The lowest BCUT2D eigenvalue weighted by Gasteiger charge is -2.59. The first-order chi connectivity index (χ1) is 12.3. The van der Waals surface area contributed by atoms with Gasteiger partial charge in [0.1, 0.15) is 5.75 Å². The van der Waals surface area contributed by atoms with Crippen LogP contribution < -0.4 is 0 Å². The minimum absolute atomic E-state index is 0.342. The van der Waals surface area contributed by atoms with Crippen LogP contribution in [0.3, 0.4) is 0 Å². The molecule has 0 spiro atoms. The van der Waals surface area contributed by atoms with Gasteiger partial charge in [0.15, 0.2) is 0 Å². The molecule has 2 heterocycles. The molecule has 1 aromatic heterocycles. The van der Waals surface area contributed by atoms with Crippen molar-refractivity contribution in [3.63, 3.8) is 0 Å². The SMILES string of the molecule is Oc1ccc2c(c1)[C@@]13CCCC[C@H]1[C@@H](C2)N(CCc1cccs1)CC3. The van der Waals surface area contributed by atoms with Gasteiger partial charge in [-0.1, -0.05) is 25.0 Å². The van der Waals surface area contributed by atoms with Gasteiger partial charge in [-0.25, -0.2) is 0 Å². The molecule has 1 saturated carbocycles. The zero-order valence-electron chi connectivity index (χ0n) is 14.8. The molecule has 132 valence electrons. The molecule has 2 aromatic rings. The first-order valence-electron chi connectivity index (χ1n) is 9.85. The lowest BCUT2D eigenvalue weighted by atomic mass is 9.52. The highest BCUT2D eigenvalue weighted by molar-refractivity contribution is 7.09. The van der Waals surface area contributed by atoms with E-state index in [1.54, 1.807) is 0 Å². The normalized spacial score (nSPS) is 31.4. The molecule has 2 aliphatic carbocycles. The quantitative estimate of drug-likeness (QED) is 0.860. The van der Waals surface area contributed by atoms with Crippen molar-refractivity contribution < 1.29 is 5.11 Å². The van der Waals surface area contributed by atoms with Crippen molar-refractivity contribution in [3.05, 3.63) is 51.7 Å². The van der Waals surface area contributed by atoms with Crippen LogP contribution in [0.5, 0.6) is 5.75 Å². The summed E-state index contributed by atoms with van der Waals surface area (Å²) in [6, 6.07) is 11.3. The Morgan fingerprint density at radius 2 is 2.16 bits per heavy atom. The Morgan fingerprint density at radius 3 is 3.04 bits per heavy atom. The van der Waals surface area contributed by atoms with Crippen LogP contribution in [-0.2, 0) is 18.3 Å². The standard InChI is InChI=1S/C22H27NOS/c24-17-7-6-16-14-21-19-5-1-2-9-22(19,20(16)15-17)10-12-23(21)11-8-18-4-3-13-25-18/h3-4,6-7,13,15,19,21,24H,1-2,5,8-12,14H2/t19-,21+,22+/m0/s1. The Balaban J connectivity index is 1.47. The molecule has 0 radical (unpaired) electrons. The van der Waals surface area contributed by atoms with E-state index < -0.39 is 0 Å². The minimum atomic E-state index is 0.342. The van der Waals surface area contributed by atoms with Crippen LogP contribution in [0.25, 0.3) is 0 Å². The highest BCUT2D eigenvalue weighted by Crippen LogP contribution is 2.56. The summed E-state index contributed by atoms with van der Waals surface area (Å²) in [6.45, 7) is 2.42. The predicted octanol–water partition coefficient (Wildman–Crippen LogP) is 4.75. The predicted molar refractivity (Wildman–Crippen MR) is 103 cm³/mol. The van der Waals surface area contributed by atoms with E-state index in [-0.39, 0.29) is 0 Å². The molecular formula is C22H27NOS. The first kappa shape index (κ1) is 15.9. The molecule has 1 aromatic carbocycles. The van der Waals surface area contributed by atoms with Crippen molar-refractivity contribution in [1.82, 2.24) is 4.90 Å². The average Bonchev–Trinajstić information content (AvgIpc) is 3.15. The molecule has 2 nitrogen and oxygen atoms in total. The van der Waals surface area contributed by atoms with E-state index in [9.17, 15) is 5.11 Å². The number of phenolic OH excluding ortho intramolecular Hbond substituents is 1. The van der Waals surface area contributed by atoms with Crippen LogP contribution in [0, 0.1) is 5.92 Å². The minimum Gasteiger partial charge on any atom is -0.508 e. The Hall–Kier alpha value is -1.32. The second-order valence-corrected chi connectivity index (χ2v) is 9.27. The number of rotatable bonds is 3. The highest BCUT2D eigenvalue weighted by Gasteiger charge is 2.53. The summed E-state index contributed by atoms with van der Waals surface area (Å²) in [7, 11) is 0. The third kappa shape index (κ3) is 2.55. The van der Waals surface area contributed by atoms with E-state index in [0.29, 0.717) is 17.2 Å². The molecule has 2 bridgehead atoms. The number of aromatic hydroxyl groups is 1. The summed E-state index contributed by atoms with van der Waals surface area (Å²) in [5.74, 6) is 1.24. The summed E-state index contributed by atoms with van der Waals surface area (Å²) in [4.78, 5) is 4.31. The fourth-order valence-electron chi connectivity index (χ4n) is 6.06. The van der Waals surface area contributed by atoms with E-state index in [1.807, 2.05) is 17.4 Å². The Kier molecular flexibility index (Phi) is 3.90. The number of benzene rings is 1. The number of fused-ring (bicyclic) bond motifs is 1. The van der Waals surface area contributed by atoms with Crippen molar-refractivity contribution in [2.45, 2.75) is 56.4 Å². The summed E-state index contributed by atoms with van der Waals surface area (Å²) in [5, 5.41) is 12.3. The van der Waals surface area contributed by atoms with Gasteiger partial charge in [0.05, 0.1) is 0 Å². The van der Waals surface area contributed by atoms with Gasteiger partial charge in [-0.05, 0) is 79.3 Å². The molecule has 2 fully saturated rings. The molecule has 5 rings (SSSR count). The van der Waals surface area contributed by atoms with Crippen LogP contribution in [-0.4, -0.2) is 29.1 Å². The fraction of sp³-hybridized carbons (Fsp3) is 0.545. The van der Waals surface area contributed by atoms with Gasteiger partial charge in [0.2, 0.25) is 0 Å². The highest BCUT2D eigenvalue weighted by atomic mass is 32.1. The van der Waals surface area contributed by atoms with Crippen molar-refractivity contribution in [1.29, 1.82) is 0 Å². The van der Waals surface area contributed by atoms with Gasteiger partial charge >= 0.3 is 0 Å². The second kappa shape index (κ2) is 6.14. The van der Waals surface area contributed by atoms with E-state index in [1.165, 1.54) is 74.0 Å². The van der Waals surface area contributed by atoms with Gasteiger partial charge in [0.25, 0.3) is 0 Å². The van der Waals surface area contributed by atoms with Gasteiger partial charge in [-0.15, -0.1) is 11.3 Å². The number of hydrogen-bond acceptors (Lipinski definition) is 3. The Bertz CT molecular complexity index is 755. The van der Waals surface area contributed by atoms with Gasteiger partial charge in [-0.3, -0.25) is 4.90 Å². The fourth-order valence-corrected chi connectivity index (χ4v) is 6.76. The molecule has 3 atom stereocenters. The largest absolute Gasteiger partial charge is 0.508 e. The maximum atomic E-state index is 10.1. The Morgan fingerprint density at radius 1 is 1.20 bits per heavy atom. The Labute approximate surface area is 154 Å². The zero-order valence-corrected chi connectivity index (χ0v) is 15.6. The van der Waals surface area contributed by atoms with Crippen molar-refractivity contribution in [3.8, 4) is 5.75 Å². The van der Waals surface area contributed by atoms with Crippen molar-refractivity contribution in [2.24, 2.45) is 5.92 Å². The number of phenols is 1. The van der Waals surface area contributed by atoms with Gasteiger partial charge in [-0.2, -0.15) is 0 Å². The molecule has 0 amide bonds. The number of piperidine rings is 1. The molecular weight excluding hydrogens is 326 g/mol. The average molecular weight is 354 g/mol. The smallest absolute Gasteiger partial charge is 0.115 e. The summed E-state index contributed by atoms with van der Waals surface area (Å²) in [6.07, 6.45) is 9.07. The maximum absolute atomic E-state index is 10.1. The number of nitrogens with zero attached hydrogens (tertiary/aromatic N) is 1. The molecule has 0 unspecified atom stereocenters. The van der Waals surface area contributed by atoms with Crippen molar-refractivity contribution >= 4 is 11.3 Å². The number of hydrogen-bond donors (Lipinski definition) is 1. The zero-order chi connectivity index (χ0) is 16.9. The topological polar surface area (TPSA) is 23.5 Å². The molecule has 1 N–H and O–H groups in total. The van der Waals surface area contributed by atoms with Crippen LogP contribution in [0.2, 0.25) is 0 Å². The van der Waals surface area contributed by atoms with Crippen LogP contribution in [0.4, 0.5) is 0 Å². The van der Waals surface area contributed by atoms with Gasteiger partial charge in [0, 0.05) is 22.9 Å². The monoisotopic (exact) mass is 353 g/mol. The second-order valence-electron chi connectivity index (χ2n) is 8.24. The van der Waals surface area contributed by atoms with Crippen LogP contribution in [0.1, 0.15) is 48.1 Å². The van der Waals surface area contributed by atoms with Gasteiger partial charge < -0.3 is 5.11 Å². The van der Waals surface area contributed by atoms with E-state index in [0.717, 1.165) is 5.92 Å². The molecule has 3 heteroatoms. The van der Waals surface area contributed by atoms with E-state index in [2.05, 4.69) is 34.5 Å². The first-order valence-corrected chi connectivity index (χ1v) is 10.7. The molecule has 3 aliphatic rings. The summed E-state index contributed by atoms with van der Waals surface area (Å²) < 4.78 is 0. The molecule has 25 heavy (non-hydrogen) atoms. The van der Waals surface area contributed by atoms with Crippen LogP contribution in [0.15, 0.2) is 35.7 Å². The molecule has 1 saturated heterocycles. The number of likely N-dealkylation sites (tertiary alicyclic amines) is 1. The third-order valence-electron chi connectivity index (χ3n) is 7.16. The lowest BCUT2D eigenvalue weighted by molar-refractivity contribution is -0.0106.